The van der Waals surface area contributed by atoms with Crippen molar-refractivity contribution in [2.24, 2.45) is 5.11 Å². The molecule has 0 spiro atoms. The van der Waals surface area contributed by atoms with E-state index in [1.807, 2.05) is 0 Å². The molecule has 1 aromatic rings. The zero-order valence-corrected chi connectivity index (χ0v) is 7.23. The Balaban J connectivity index is 2.79. The van der Waals surface area contributed by atoms with Gasteiger partial charge in [0.05, 0.1) is 17.9 Å². The fourth-order valence-electron chi connectivity index (χ4n) is 0.879. The molecule has 0 aromatic heterocycles. The maximum Gasteiger partial charge on any atom is 0.338 e. The SMILES string of the molecule is CCOC(=O)c1ccc(N=[N])cc1. The Morgan fingerprint density at radius 2 is 2.08 bits per heavy atom. The molecule has 13 heavy (non-hydrogen) atoms. The van der Waals surface area contributed by atoms with Crippen LogP contribution in [0.4, 0.5) is 5.69 Å². The van der Waals surface area contributed by atoms with Gasteiger partial charge in [-0.15, -0.1) is 5.11 Å². The number of hydrogen-bond acceptors (Lipinski definition) is 3. The topological polar surface area (TPSA) is 61.0 Å². The van der Waals surface area contributed by atoms with Gasteiger partial charge in [-0.3, -0.25) is 0 Å². The molecule has 0 aliphatic rings. The van der Waals surface area contributed by atoms with Crippen molar-refractivity contribution in [2.75, 3.05) is 6.61 Å². The maximum atomic E-state index is 11.1. The largest absolute Gasteiger partial charge is 0.462 e. The van der Waals surface area contributed by atoms with E-state index in [-0.39, 0.29) is 5.97 Å². The number of nitrogens with zero attached hydrogens (tertiary/aromatic N) is 2. The zero-order chi connectivity index (χ0) is 9.68. The second-order valence-electron chi connectivity index (χ2n) is 2.37. The average Bonchev–Trinajstić information content (AvgIpc) is 2.18. The lowest BCUT2D eigenvalue weighted by atomic mass is 10.2. The predicted molar refractivity (Wildman–Crippen MR) is 46.6 cm³/mol. The van der Waals surface area contributed by atoms with Crippen LogP contribution in [0, 0.1) is 0 Å². The Kier molecular flexibility index (Phi) is 3.14. The molecule has 67 valence electrons. The lowest BCUT2D eigenvalue weighted by Crippen LogP contribution is -2.03. The minimum atomic E-state index is -0.369. The number of esters is 1. The van der Waals surface area contributed by atoms with Crippen molar-refractivity contribution in [2.45, 2.75) is 6.92 Å². The molecule has 4 nitrogen and oxygen atoms in total. The third kappa shape index (κ3) is 2.37. The Bertz CT molecular complexity index is 306. The third-order valence-corrected chi connectivity index (χ3v) is 1.49. The summed E-state index contributed by atoms with van der Waals surface area (Å²) in [6.45, 7) is 2.10. The van der Waals surface area contributed by atoms with Gasteiger partial charge >= 0.3 is 5.97 Å². The smallest absolute Gasteiger partial charge is 0.338 e. The first-order valence-corrected chi connectivity index (χ1v) is 3.90. The van der Waals surface area contributed by atoms with Gasteiger partial charge in [-0.25, -0.2) is 4.79 Å². The van der Waals surface area contributed by atoms with Crippen molar-refractivity contribution in [1.29, 1.82) is 0 Å². The van der Waals surface area contributed by atoms with E-state index in [9.17, 15) is 4.79 Å². The summed E-state index contributed by atoms with van der Waals surface area (Å²) in [5.41, 5.74) is 9.24. The molecule has 0 aliphatic heterocycles. The molecule has 1 aromatic carbocycles. The molecule has 4 heteroatoms. The molecule has 0 saturated carbocycles. The monoisotopic (exact) mass is 177 g/mol. The summed E-state index contributed by atoms with van der Waals surface area (Å²) in [5, 5.41) is 2.96. The standard InChI is InChI=1S/C9H9N2O2/c1-2-13-9(12)7-3-5-8(11-10)6-4-7/h3-6H,2H2,1H3. The third-order valence-electron chi connectivity index (χ3n) is 1.49. The minimum absolute atomic E-state index is 0.352. The van der Waals surface area contributed by atoms with Gasteiger partial charge in [0.2, 0.25) is 0 Å². The van der Waals surface area contributed by atoms with E-state index in [0.717, 1.165) is 0 Å². The molecule has 1 rings (SSSR count). The zero-order valence-electron chi connectivity index (χ0n) is 7.23. The number of hydrogen-bond donors (Lipinski definition) is 0. The molecular weight excluding hydrogens is 168 g/mol. The molecule has 0 fully saturated rings. The van der Waals surface area contributed by atoms with E-state index in [4.69, 9.17) is 10.3 Å². The average molecular weight is 177 g/mol. The number of carbonyl (C=O) groups is 1. The number of benzene rings is 1. The molecule has 1 radical (unpaired) electrons. The minimum Gasteiger partial charge on any atom is -0.462 e. The first-order valence-electron chi connectivity index (χ1n) is 3.90. The van der Waals surface area contributed by atoms with Crippen molar-refractivity contribution >= 4 is 11.7 Å². The highest BCUT2D eigenvalue weighted by Crippen LogP contribution is 2.12. The second-order valence-corrected chi connectivity index (χ2v) is 2.37. The fraction of sp³-hybridized carbons (Fsp3) is 0.222. The highest BCUT2D eigenvalue weighted by Gasteiger charge is 2.04. The molecule has 0 N–H and O–H groups in total. The van der Waals surface area contributed by atoms with Crippen LogP contribution in [0.2, 0.25) is 0 Å². The van der Waals surface area contributed by atoms with Crippen LogP contribution in [-0.2, 0) is 4.74 Å². The van der Waals surface area contributed by atoms with E-state index >= 15 is 0 Å². The summed E-state index contributed by atoms with van der Waals surface area (Å²) >= 11 is 0. The molecule has 0 atom stereocenters. The molecule has 0 aliphatic carbocycles. The van der Waals surface area contributed by atoms with Gasteiger partial charge in [0, 0.05) is 0 Å². The summed E-state index contributed by atoms with van der Waals surface area (Å²) < 4.78 is 4.77. The van der Waals surface area contributed by atoms with Crippen LogP contribution in [0.3, 0.4) is 0 Å². The number of carbonyl (C=O) groups excluding carboxylic acids is 1. The van der Waals surface area contributed by atoms with E-state index < -0.39 is 0 Å². The lowest BCUT2D eigenvalue weighted by Gasteiger charge is -2.00. The lowest BCUT2D eigenvalue weighted by molar-refractivity contribution is 0.0526. The van der Waals surface area contributed by atoms with Crippen molar-refractivity contribution in [3.05, 3.63) is 29.8 Å². The van der Waals surface area contributed by atoms with Gasteiger partial charge in [-0.1, -0.05) is 0 Å². The summed E-state index contributed by atoms with van der Waals surface area (Å²) in [5.74, 6) is -0.369. The molecule has 0 unspecified atom stereocenters. The molecule has 0 bridgehead atoms. The molecule has 0 heterocycles. The summed E-state index contributed by atoms with van der Waals surface area (Å²) in [7, 11) is 0. The Labute approximate surface area is 76.0 Å². The van der Waals surface area contributed by atoms with Gasteiger partial charge in [0.25, 0.3) is 0 Å². The van der Waals surface area contributed by atoms with E-state index in [1.165, 1.54) is 12.1 Å². The second kappa shape index (κ2) is 4.35. The summed E-state index contributed by atoms with van der Waals surface area (Å²) in [6, 6.07) is 6.17. The quantitative estimate of drug-likeness (QED) is 0.521. The number of rotatable bonds is 3. The van der Waals surface area contributed by atoms with Crippen molar-refractivity contribution < 1.29 is 9.53 Å². The molecule has 0 amide bonds. The van der Waals surface area contributed by atoms with Crippen molar-refractivity contribution in [3.8, 4) is 0 Å². The number of ether oxygens (including phenoxy) is 1. The highest BCUT2D eigenvalue weighted by molar-refractivity contribution is 5.89. The van der Waals surface area contributed by atoms with Crippen molar-refractivity contribution in [3.63, 3.8) is 0 Å². The summed E-state index contributed by atoms with van der Waals surface area (Å²) in [6.07, 6.45) is 0. The van der Waals surface area contributed by atoms with Crippen LogP contribution < -0.4 is 5.53 Å². The van der Waals surface area contributed by atoms with Crippen LogP contribution in [-0.4, -0.2) is 12.6 Å². The van der Waals surface area contributed by atoms with Crippen LogP contribution in [0.1, 0.15) is 17.3 Å². The van der Waals surface area contributed by atoms with Crippen molar-refractivity contribution in [1.82, 2.24) is 5.53 Å². The fourth-order valence-corrected chi connectivity index (χ4v) is 0.879. The van der Waals surface area contributed by atoms with Crippen LogP contribution in [0.15, 0.2) is 29.4 Å². The first-order chi connectivity index (χ1) is 6.27. The van der Waals surface area contributed by atoms with Gasteiger partial charge in [0.15, 0.2) is 0 Å². The maximum absolute atomic E-state index is 11.1. The van der Waals surface area contributed by atoms with Gasteiger partial charge in [-0.05, 0) is 36.7 Å². The van der Waals surface area contributed by atoms with Gasteiger partial charge in [-0.2, -0.15) is 0 Å². The normalized spacial score (nSPS) is 9.31. The first kappa shape index (κ1) is 9.38. The van der Waals surface area contributed by atoms with Gasteiger partial charge < -0.3 is 4.74 Å². The Morgan fingerprint density at radius 1 is 1.46 bits per heavy atom. The van der Waals surface area contributed by atoms with E-state index in [2.05, 4.69) is 5.11 Å². The Morgan fingerprint density at radius 3 is 2.54 bits per heavy atom. The molecular formula is C9H9N2O2. The van der Waals surface area contributed by atoms with Crippen LogP contribution in [0.5, 0.6) is 0 Å². The van der Waals surface area contributed by atoms with Crippen LogP contribution in [0.25, 0.3) is 0 Å². The summed E-state index contributed by atoms with van der Waals surface area (Å²) in [4.78, 5) is 11.1. The van der Waals surface area contributed by atoms with E-state index in [1.54, 1.807) is 19.1 Å². The highest BCUT2D eigenvalue weighted by atomic mass is 16.5. The van der Waals surface area contributed by atoms with Gasteiger partial charge in [0.1, 0.15) is 0 Å². The Hall–Kier alpha value is -1.71. The van der Waals surface area contributed by atoms with E-state index in [0.29, 0.717) is 17.9 Å². The predicted octanol–water partition coefficient (Wildman–Crippen LogP) is 1.75. The molecule has 0 saturated heterocycles. The van der Waals surface area contributed by atoms with Crippen LogP contribution >= 0.6 is 0 Å².